The maximum Gasteiger partial charge on any atom is 0.324 e. The molecular weight excluding hydrogens is 446 g/mol. The number of urea groups is 1. The van der Waals surface area contributed by atoms with Gasteiger partial charge in [-0.25, -0.2) is 22.9 Å². The number of aromatic nitrogens is 1. The summed E-state index contributed by atoms with van der Waals surface area (Å²) in [5, 5.41) is 3.26. The Hall–Kier alpha value is -1.23. The lowest BCUT2D eigenvalue weighted by Gasteiger charge is -2.41. The standard InChI is InChI=1S/C22H39N5O3S2/c1-3-26(4-2)16-15-24-32(29,30)20-17-23-21(31-20)25-22(28)27(18-11-7-5-8-12-18)19-13-9-6-10-14-19/h17-19,24H,3-16H2,1-2H3,(H,23,25,28). The monoisotopic (exact) mass is 485 g/mol. The maximum absolute atomic E-state index is 13.3. The zero-order valence-corrected chi connectivity index (χ0v) is 21.1. The summed E-state index contributed by atoms with van der Waals surface area (Å²) >= 11 is 1.02. The number of hydrogen-bond donors (Lipinski definition) is 2. The van der Waals surface area contributed by atoms with Crippen molar-refractivity contribution in [3.8, 4) is 0 Å². The predicted molar refractivity (Wildman–Crippen MR) is 130 cm³/mol. The number of anilines is 1. The van der Waals surface area contributed by atoms with Crippen molar-refractivity contribution in [2.24, 2.45) is 0 Å². The summed E-state index contributed by atoms with van der Waals surface area (Å²) in [7, 11) is -3.63. The van der Waals surface area contributed by atoms with Gasteiger partial charge in [0, 0.05) is 25.2 Å². The summed E-state index contributed by atoms with van der Waals surface area (Å²) in [4.78, 5) is 21.7. The zero-order chi connectivity index (χ0) is 23.0. The van der Waals surface area contributed by atoms with Gasteiger partial charge in [-0.3, -0.25) is 5.32 Å². The molecule has 0 aliphatic heterocycles. The molecule has 2 saturated carbocycles. The van der Waals surface area contributed by atoms with Gasteiger partial charge < -0.3 is 9.80 Å². The number of nitrogens with one attached hydrogen (secondary N) is 2. The number of carbonyl (C=O) groups excluding carboxylic acids is 1. The summed E-state index contributed by atoms with van der Waals surface area (Å²) in [6.07, 6.45) is 12.7. The van der Waals surface area contributed by atoms with Crippen molar-refractivity contribution in [3.63, 3.8) is 0 Å². The molecule has 1 aromatic heterocycles. The molecule has 182 valence electrons. The van der Waals surface area contributed by atoms with Crippen LogP contribution in [0.25, 0.3) is 0 Å². The number of amides is 2. The van der Waals surface area contributed by atoms with Gasteiger partial charge in [0.15, 0.2) is 9.34 Å². The maximum atomic E-state index is 13.3. The van der Waals surface area contributed by atoms with Crippen LogP contribution in [-0.2, 0) is 10.0 Å². The van der Waals surface area contributed by atoms with E-state index in [0.29, 0.717) is 18.2 Å². The number of sulfonamides is 1. The predicted octanol–water partition coefficient (Wildman–Crippen LogP) is 4.26. The van der Waals surface area contributed by atoms with Gasteiger partial charge in [0.25, 0.3) is 10.0 Å². The van der Waals surface area contributed by atoms with Crippen molar-refractivity contribution in [2.75, 3.05) is 31.5 Å². The minimum absolute atomic E-state index is 0.128. The van der Waals surface area contributed by atoms with E-state index in [0.717, 1.165) is 50.1 Å². The Bertz CT molecular complexity index is 795. The van der Waals surface area contributed by atoms with E-state index < -0.39 is 10.0 Å². The van der Waals surface area contributed by atoms with Crippen LogP contribution in [-0.4, -0.2) is 67.5 Å². The van der Waals surface area contributed by atoms with E-state index in [9.17, 15) is 13.2 Å². The number of rotatable bonds is 10. The van der Waals surface area contributed by atoms with Gasteiger partial charge in [0.2, 0.25) is 0 Å². The molecule has 0 bridgehead atoms. The Morgan fingerprint density at radius 3 is 2.12 bits per heavy atom. The van der Waals surface area contributed by atoms with Crippen LogP contribution in [0.3, 0.4) is 0 Å². The molecule has 0 aromatic carbocycles. The van der Waals surface area contributed by atoms with E-state index in [-0.39, 0.29) is 22.3 Å². The fourth-order valence-electron chi connectivity index (χ4n) is 4.89. The highest BCUT2D eigenvalue weighted by molar-refractivity contribution is 7.91. The van der Waals surface area contributed by atoms with Gasteiger partial charge in [0.1, 0.15) is 0 Å². The average molecular weight is 486 g/mol. The molecule has 32 heavy (non-hydrogen) atoms. The van der Waals surface area contributed by atoms with Crippen molar-refractivity contribution in [3.05, 3.63) is 6.20 Å². The van der Waals surface area contributed by atoms with E-state index in [1.54, 1.807) is 0 Å². The zero-order valence-electron chi connectivity index (χ0n) is 19.5. The van der Waals surface area contributed by atoms with Gasteiger partial charge in [-0.1, -0.05) is 63.7 Å². The van der Waals surface area contributed by atoms with Crippen LogP contribution >= 0.6 is 11.3 Å². The molecule has 2 fully saturated rings. The third-order valence-corrected chi connectivity index (χ3v) is 9.58. The van der Waals surface area contributed by atoms with Crippen LogP contribution in [0.5, 0.6) is 0 Å². The second-order valence-electron chi connectivity index (χ2n) is 8.83. The molecule has 2 amide bonds. The molecule has 1 aromatic rings. The summed E-state index contributed by atoms with van der Waals surface area (Å²) < 4.78 is 28.0. The van der Waals surface area contributed by atoms with Crippen molar-refractivity contribution in [1.82, 2.24) is 19.5 Å². The summed E-state index contributed by atoms with van der Waals surface area (Å²) in [6, 6.07) is 0.421. The number of likely N-dealkylation sites (N-methyl/N-ethyl adjacent to an activating group) is 1. The highest BCUT2D eigenvalue weighted by Gasteiger charge is 2.33. The van der Waals surface area contributed by atoms with Crippen LogP contribution in [0, 0.1) is 0 Å². The highest BCUT2D eigenvalue weighted by atomic mass is 32.2. The third-order valence-electron chi connectivity index (χ3n) is 6.75. The Morgan fingerprint density at radius 1 is 1.03 bits per heavy atom. The first-order chi connectivity index (χ1) is 15.4. The number of hydrogen-bond acceptors (Lipinski definition) is 6. The van der Waals surface area contributed by atoms with E-state index in [2.05, 4.69) is 38.7 Å². The molecule has 2 N–H and O–H groups in total. The first-order valence-electron chi connectivity index (χ1n) is 12.2. The van der Waals surface area contributed by atoms with E-state index in [4.69, 9.17) is 0 Å². The normalized spacial score (nSPS) is 18.7. The van der Waals surface area contributed by atoms with Gasteiger partial charge in [-0.15, -0.1) is 0 Å². The van der Waals surface area contributed by atoms with Gasteiger partial charge in [-0.05, 0) is 38.8 Å². The lowest BCUT2D eigenvalue weighted by atomic mass is 9.89. The molecule has 0 spiro atoms. The largest absolute Gasteiger partial charge is 0.324 e. The molecule has 10 heteroatoms. The van der Waals surface area contributed by atoms with Crippen molar-refractivity contribution in [2.45, 2.75) is 94.3 Å². The van der Waals surface area contributed by atoms with Crippen molar-refractivity contribution >= 4 is 32.5 Å². The fourth-order valence-corrected chi connectivity index (χ4v) is 6.98. The fraction of sp³-hybridized carbons (Fsp3) is 0.818. The minimum atomic E-state index is -3.63. The second kappa shape index (κ2) is 12.3. The quantitative estimate of drug-likeness (QED) is 0.516. The molecule has 2 aliphatic carbocycles. The molecule has 0 saturated heterocycles. The Kier molecular flexibility index (Phi) is 9.76. The van der Waals surface area contributed by atoms with Crippen molar-refractivity contribution < 1.29 is 13.2 Å². The van der Waals surface area contributed by atoms with Crippen molar-refractivity contribution in [1.29, 1.82) is 0 Å². The third kappa shape index (κ3) is 6.88. The topological polar surface area (TPSA) is 94.6 Å². The Morgan fingerprint density at radius 2 is 1.59 bits per heavy atom. The van der Waals surface area contributed by atoms with Crippen LogP contribution in [0.4, 0.5) is 9.93 Å². The molecule has 0 atom stereocenters. The molecule has 0 unspecified atom stereocenters. The lowest BCUT2D eigenvalue weighted by molar-refractivity contribution is 0.114. The van der Waals surface area contributed by atoms with Gasteiger partial charge in [-0.2, -0.15) is 0 Å². The summed E-state index contributed by atoms with van der Waals surface area (Å²) in [6.45, 7) is 6.88. The van der Waals surface area contributed by atoms with Gasteiger partial charge >= 0.3 is 6.03 Å². The summed E-state index contributed by atoms with van der Waals surface area (Å²) in [5.41, 5.74) is 0. The van der Waals surface area contributed by atoms with Gasteiger partial charge in [0.05, 0.1) is 6.20 Å². The van der Waals surface area contributed by atoms with E-state index >= 15 is 0 Å². The first-order valence-corrected chi connectivity index (χ1v) is 14.5. The Balaban J connectivity index is 1.63. The number of thiazole rings is 1. The number of carbonyl (C=O) groups is 1. The molecule has 3 rings (SSSR count). The highest BCUT2D eigenvalue weighted by Crippen LogP contribution is 2.31. The molecule has 8 nitrogen and oxygen atoms in total. The van der Waals surface area contributed by atoms with Crippen LogP contribution in [0.15, 0.2) is 10.4 Å². The molecule has 2 aliphatic rings. The average Bonchev–Trinajstić information content (AvgIpc) is 3.28. The van der Waals surface area contributed by atoms with E-state index in [1.807, 2.05) is 0 Å². The first kappa shape index (κ1) is 25.4. The number of nitrogens with zero attached hydrogens (tertiary/aromatic N) is 3. The second-order valence-corrected chi connectivity index (χ2v) is 11.9. The summed E-state index contributed by atoms with van der Waals surface area (Å²) in [5.74, 6) is 0. The smallest absolute Gasteiger partial charge is 0.319 e. The molecule has 1 heterocycles. The molecular formula is C22H39N5O3S2. The Labute approximate surface area is 197 Å². The van der Waals surface area contributed by atoms with Crippen LogP contribution in [0.1, 0.15) is 78.1 Å². The van der Waals surface area contributed by atoms with Crippen LogP contribution < -0.4 is 10.0 Å². The van der Waals surface area contributed by atoms with Crippen LogP contribution in [0.2, 0.25) is 0 Å². The molecule has 0 radical (unpaired) electrons. The SMILES string of the molecule is CCN(CC)CCNS(=O)(=O)c1cnc(NC(=O)N(C2CCCCC2)C2CCCCC2)s1. The van der Waals surface area contributed by atoms with E-state index in [1.165, 1.54) is 44.7 Å². The minimum Gasteiger partial charge on any atom is -0.319 e. The lowest BCUT2D eigenvalue weighted by Crippen LogP contribution is -2.50.